The average Bonchev–Trinajstić information content (AvgIpc) is 2.64. The van der Waals surface area contributed by atoms with Crippen molar-refractivity contribution >= 4 is 16.9 Å². The fraction of sp³-hybridized carbons (Fsp3) is 0.100. The Labute approximate surface area is 80.1 Å². The molecule has 1 aromatic carbocycles. The van der Waals surface area contributed by atoms with Crippen molar-refractivity contribution in [3.63, 3.8) is 0 Å². The second-order valence-electron chi connectivity index (χ2n) is 2.93. The van der Waals surface area contributed by atoms with Gasteiger partial charge >= 0.3 is 5.97 Å². The zero-order valence-electron chi connectivity index (χ0n) is 7.57. The Morgan fingerprint density at radius 1 is 1.50 bits per heavy atom. The van der Waals surface area contributed by atoms with E-state index >= 15 is 0 Å². The zero-order valence-corrected chi connectivity index (χ0v) is 7.57. The summed E-state index contributed by atoms with van der Waals surface area (Å²) in [6.07, 6.45) is 1.70. The van der Waals surface area contributed by atoms with Gasteiger partial charge in [-0.1, -0.05) is 0 Å². The molecule has 14 heavy (non-hydrogen) atoms. The monoisotopic (exact) mass is 191 g/mol. The molecular weight excluding hydrogens is 182 g/mol. The smallest absolute Gasteiger partial charge is 0.338 e. The largest absolute Gasteiger partial charge is 0.506 e. The highest BCUT2D eigenvalue weighted by molar-refractivity contribution is 5.97. The van der Waals surface area contributed by atoms with Gasteiger partial charge in [0.15, 0.2) is 0 Å². The Bertz CT molecular complexity index is 487. The van der Waals surface area contributed by atoms with E-state index in [1.165, 1.54) is 13.2 Å². The number of rotatable bonds is 1. The summed E-state index contributed by atoms with van der Waals surface area (Å²) in [5.41, 5.74) is 0.967. The maximum absolute atomic E-state index is 11.2. The van der Waals surface area contributed by atoms with Crippen LogP contribution in [0.3, 0.4) is 0 Å². The highest BCUT2D eigenvalue weighted by Gasteiger charge is 2.09. The number of aromatic amines is 1. The predicted octanol–water partition coefficient (Wildman–Crippen LogP) is 1.66. The fourth-order valence-corrected chi connectivity index (χ4v) is 1.39. The molecule has 0 bridgehead atoms. The lowest BCUT2D eigenvalue weighted by Crippen LogP contribution is -2.00. The standard InChI is InChI=1S/C10H9NO3/c1-14-10(13)7-4-6-2-3-11-9(6)8(12)5-7/h2-5,11-12H,1H3. The minimum absolute atomic E-state index is 0.0490. The number of hydrogen-bond acceptors (Lipinski definition) is 3. The van der Waals surface area contributed by atoms with Gasteiger partial charge in [0.25, 0.3) is 0 Å². The number of aromatic nitrogens is 1. The highest BCUT2D eigenvalue weighted by atomic mass is 16.5. The van der Waals surface area contributed by atoms with E-state index in [9.17, 15) is 9.90 Å². The summed E-state index contributed by atoms with van der Waals surface area (Å²) < 4.78 is 4.56. The molecular formula is C10H9NO3. The van der Waals surface area contributed by atoms with Crippen molar-refractivity contribution in [1.82, 2.24) is 4.98 Å². The lowest BCUT2D eigenvalue weighted by molar-refractivity contribution is 0.0600. The summed E-state index contributed by atoms with van der Waals surface area (Å²) in [4.78, 5) is 14.1. The molecule has 0 aliphatic carbocycles. The summed E-state index contributed by atoms with van der Waals surface area (Å²) in [6, 6.07) is 4.82. The van der Waals surface area contributed by atoms with Crippen LogP contribution in [-0.4, -0.2) is 23.2 Å². The number of hydrogen-bond donors (Lipinski definition) is 2. The van der Waals surface area contributed by atoms with Gasteiger partial charge in [-0.25, -0.2) is 4.79 Å². The number of benzene rings is 1. The number of phenolic OH excluding ortho intramolecular Hbond substituents is 1. The maximum Gasteiger partial charge on any atom is 0.338 e. The maximum atomic E-state index is 11.2. The molecule has 4 heteroatoms. The molecule has 0 atom stereocenters. The molecule has 72 valence electrons. The predicted molar refractivity (Wildman–Crippen MR) is 51.3 cm³/mol. The summed E-state index contributed by atoms with van der Waals surface area (Å²) in [7, 11) is 1.31. The van der Waals surface area contributed by atoms with Gasteiger partial charge in [-0.3, -0.25) is 0 Å². The first-order valence-corrected chi connectivity index (χ1v) is 4.11. The Kier molecular flexibility index (Phi) is 1.89. The SMILES string of the molecule is COC(=O)c1cc(O)c2[nH]ccc2c1. The van der Waals surface area contributed by atoms with Gasteiger partial charge in [0.1, 0.15) is 5.75 Å². The highest BCUT2D eigenvalue weighted by Crippen LogP contribution is 2.25. The van der Waals surface area contributed by atoms with E-state index < -0.39 is 5.97 Å². The molecule has 0 unspecified atom stereocenters. The Hall–Kier alpha value is -1.97. The number of ether oxygens (including phenoxy) is 1. The number of carbonyl (C=O) groups excluding carboxylic acids is 1. The summed E-state index contributed by atoms with van der Waals surface area (Å²) in [5.74, 6) is -0.406. The molecule has 0 saturated carbocycles. The van der Waals surface area contributed by atoms with E-state index in [2.05, 4.69) is 9.72 Å². The van der Waals surface area contributed by atoms with Crippen LogP contribution in [0.25, 0.3) is 10.9 Å². The van der Waals surface area contributed by atoms with Gasteiger partial charge < -0.3 is 14.8 Å². The second kappa shape index (κ2) is 3.06. The number of aromatic hydroxyl groups is 1. The van der Waals surface area contributed by atoms with Crippen molar-refractivity contribution in [3.05, 3.63) is 30.0 Å². The van der Waals surface area contributed by atoms with Crippen molar-refractivity contribution in [2.24, 2.45) is 0 Å². The molecule has 0 fully saturated rings. The molecule has 0 aliphatic rings. The zero-order chi connectivity index (χ0) is 10.1. The minimum Gasteiger partial charge on any atom is -0.506 e. The third-order valence-electron chi connectivity index (χ3n) is 2.06. The van der Waals surface area contributed by atoms with Crippen LogP contribution in [0.5, 0.6) is 5.75 Å². The molecule has 0 aliphatic heterocycles. The van der Waals surface area contributed by atoms with E-state index in [-0.39, 0.29) is 5.75 Å². The number of phenols is 1. The van der Waals surface area contributed by atoms with Crippen LogP contribution in [0, 0.1) is 0 Å². The third-order valence-corrected chi connectivity index (χ3v) is 2.06. The van der Waals surface area contributed by atoms with Gasteiger partial charge in [-0.2, -0.15) is 0 Å². The molecule has 2 rings (SSSR count). The van der Waals surface area contributed by atoms with Gasteiger partial charge in [0.05, 0.1) is 18.2 Å². The van der Waals surface area contributed by atoms with Gasteiger partial charge in [0.2, 0.25) is 0 Å². The normalized spacial score (nSPS) is 10.4. The lowest BCUT2D eigenvalue weighted by atomic mass is 10.1. The van der Waals surface area contributed by atoms with Crippen LogP contribution < -0.4 is 0 Å². The molecule has 0 spiro atoms. The molecule has 0 radical (unpaired) electrons. The summed E-state index contributed by atoms with van der Waals surface area (Å²) in [6.45, 7) is 0. The van der Waals surface area contributed by atoms with Crippen LogP contribution in [0.2, 0.25) is 0 Å². The van der Waals surface area contributed by atoms with E-state index in [1.807, 2.05) is 0 Å². The lowest BCUT2D eigenvalue weighted by Gasteiger charge is -2.01. The first-order valence-electron chi connectivity index (χ1n) is 4.11. The van der Waals surface area contributed by atoms with Crippen molar-refractivity contribution in [1.29, 1.82) is 0 Å². The van der Waals surface area contributed by atoms with Crippen LogP contribution in [-0.2, 0) is 4.74 Å². The molecule has 2 aromatic rings. The number of methoxy groups -OCH3 is 1. The second-order valence-corrected chi connectivity index (χ2v) is 2.93. The Morgan fingerprint density at radius 2 is 2.29 bits per heavy atom. The van der Waals surface area contributed by atoms with E-state index in [4.69, 9.17) is 0 Å². The quantitative estimate of drug-likeness (QED) is 0.674. The van der Waals surface area contributed by atoms with Crippen molar-refractivity contribution in [2.75, 3.05) is 7.11 Å². The number of esters is 1. The van der Waals surface area contributed by atoms with E-state index in [0.717, 1.165) is 5.39 Å². The Balaban J connectivity index is 2.64. The first-order chi connectivity index (χ1) is 6.72. The van der Waals surface area contributed by atoms with Crippen molar-refractivity contribution in [2.45, 2.75) is 0 Å². The fourth-order valence-electron chi connectivity index (χ4n) is 1.39. The van der Waals surface area contributed by atoms with E-state index in [1.54, 1.807) is 18.3 Å². The van der Waals surface area contributed by atoms with Gasteiger partial charge in [-0.05, 0) is 18.2 Å². The van der Waals surface area contributed by atoms with Gasteiger partial charge in [0, 0.05) is 11.6 Å². The number of H-pyrrole nitrogens is 1. The molecule has 1 aromatic heterocycles. The first kappa shape index (κ1) is 8.62. The van der Waals surface area contributed by atoms with Crippen molar-refractivity contribution in [3.8, 4) is 5.75 Å². The van der Waals surface area contributed by atoms with Crippen LogP contribution in [0.15, 0.2) is 24.4 Å². The Morgan fingerprint density at radius 3 is 3.00 bits per heavy atom. The molecule has 1 heterocycles. The van der Waals surface area contributed by atoms with Crippen LogP contribution in [0.1, 0.15) is 10.4 Å². The molecule has 4 nitrogen and oxygen atoms in total. The van der Waals surface area contributed by atoms with E-state index in [0.29, 0.717) is 11.1 Å². The van der Waals surface area contributed by atoms with Gasteiger partial charge in [-0.15, -0.1) is 0 Å². The minimum atomic E-state index is -0.455. The number of fused-ring (bicyclic) bond motifs is 1. The third kappa shape index (κ3) is 1.21. The number of carbonyl (C=O) groups is 1. The summed E-state index contributed by atoms with van der Waals surface area (Å²) in [5, 5.41) is 10.3. The van der Waals surface area contributed by atoms with Crippen LogP contribution in [0.4, 0.5) is 0 Å². The molecule has 0 saturated heterocycles. The average molecular weight is 191 g/mol. The number of nitrogens with one attached hydrogen (secondary N) is 1. The topological polar surface area (TPSA) is 62.3 Å². The van der Waals surface area contributed by atoms with Crippen molar-refractivity contribution < 1.29 is 14.6 Å². The molecule has 2 N–H and O–H groups in total. The molecule has 0 amide bonds. The summed E-state index contributed by atoms with van der Waals surface area (Å²) >= 11 is 0. The van der Waals surface area contributed by atoms with Crippen LogP contribution >= 0.6 is 0 Å².